The number of thiazole rings is 1. The van der Waals surface area contributed by atoms with E-state index < -0.39 is 10.0 Å². The molecule has 1 aromatic rings. The number of piperidine rings is 1. The Kier molecular flexibility index (Phi) is 5.17. The molecule has 7 heteroatoms. The van der Waals surface area contributed by atoms with Crippen molar-refractivity contribution in [1.29, 1.82) is 0 Å². The zero-order valence-corrected chi connectivity index (χ0v) is 14.8. The molecule has 1 aliphatic carbocycles. The summed E-state index contributed by atoms with van der Waals surface area (Å²) in [4.78, 5) is 7.21. The SMILES string of the molecule is CS(=O)(=O)NC1CCN(Cc2csc(C3CCCC3)n2)CC1. The quantitative estimate of drug-likeness (QED) is 0.891. The second-order valence-electron chi connectivity index (χ2n) is 6.60. The monoisotopic (exact) mass is 343 g/mol. The Balaban J connectivity index is 1.48. The van der Waals surface area contributed by atoms with E-state index in [1.807, 2.05) is 11.3 Å². The molecule has 0 amide bonds. The zero-order valence-electron chi connectivity index (χ0n) is 13.1. The first-order chi connectivity index (χ1) is 10.5. The van der Waals surface area contributed by atoms with E-state index in [2.05, 4.69) is 15.0 Å². The van der Waals surface area contributed by atoms with Crippen LogP contribution in [0.1, 0.15) is 55.1 Å². The highest BCUT2D eigenvalue weighted by molar-refractivity contribution is 7.88. The number of aromatic nitrogens is 1. The third-order valence-electron chi connectivity index (χ3n) is 4.63. The van der Waals surface area contributed by atoms with Crippen LogP contribution in [-0.4, -0.2) is 43.7 Å². The van der Waals surface area contributed by atoms with Gasteiger partial charge in [0.15, 0.2) is 0 Å². The number of nitrogens with zero attached hydrogens (tertiary/aromatic N) is 2. The van der Waals surface area contributed by atoms with E-state index in [0.29, 0.717) is 5.92 Å². The molecule has 0 aromatic carbocycles. The number of nitrogens with one attached hydrogen (secondary N) is 1. The lowest BCUT2D eigenvalue weighted by molar-refractivity contribution is 0.198. The highest BCUT2D eigenvalue weighted by Crippen LogP contribution is 2.35. The molecule has 0 spiro atoms. The molecule has 22 heavy (non-hydrogen) atoms. The maximum absolute atomic E-state index is 11.3. The fourth-order valence-electron chi connectivity index (χ4n) is 3.50. The molecule has 2 aliphatic rings. The topological polar surface area (TPSA) is 62.3 Å². The minimum Gasteiger partial charge on any atom is -0.297 e. The Morgan fingerprint density at radius 1 is 1.27 bits per heavy atom. The summed E-state index contributed by atoms with van der Waals surface area (Å²) in [5.74, 6) is 0.698. The van der Waals surface area contributed by atoms with Crippen molar-refractivity contribution < 1.29 is 8.42 Å². The van der Waals surface area contributed by atoms with Gasteiger partial charge in [-0.3, -0.25) is 4.90 Å². The van der Waals surface area contributed by atoms with Gasteiger partial charge in [0.1, 0.15) is 0 Å². The summed E-state index contributed by atoms with van der Waals surface area (Å²) in [5.41, 5.74) is 1.18. The van der Waals surface area contributed by atoms with Crippen LogP contribution >= 0.6 is 11.3 Å². The molecular weight excluding hydrogens is 318 g/mol. The van der Waals surface area contributed by atoms with Crippen molar-refractivity contribution in [3.8, 4) is 0 Å². The summed E-state index contributed by atoms with van der Waals surface area (Å²) in [6, 6.07) is 0.0933. The minimum absolute atomic E-state index is 0.0933. The number of hydrogen-bond donors (Lipinski definition) is 1. The van der Waals surface area contributed by atoms with E-state index in [4.69, 9.17) is 4.98 Å². The summed E-state index contributed by atoms with van der Waals surface area (Å²) >= 11 is 1.81. The Morgan fingerprint density at radius 3 is 2.59 bits per heavy atom. The van der Waals surface area contributed by atoms with Crippen molar-refractivity contribution in [3.05, 3.63) is 16.1 Å². The van der Waals surface area contributed by atoms with Crippen LogP contribution in [0.25, 0.3) is 0 Å². The molecule has 124 valence electrons. The molecule has 0 radical (unpaired) electrons. The van der Waals surface area contributed by atoms with Crippen LogP contribution in [0.3, 0.4) is 0 Å². The number of hydrogen-bond acceptors (Lipinski definition) is 5. The molecule has 5 nitrogen and oxygen atoms in total. The van der Waals surface area contributed by atoms with Crippen molar-refractivity contribution in [2.75, 3.05) is 19.3 Å². The fourth-order valence-corrected chi connectivity index (χ4v) is 5.32. The van der Waals surface area contributed by atoms with Crippen LogP contribution in [0, 0.1) is 0 Å². The summed E-state index contributed by atoms with van der Waals surface area (Å²) in [6.45, 7) is 2.77. The maximum Gasteiger partial charge on any atom is 0.208 e. The molecule has 1 aromatic heterocycles. The molecule has 1 aliphatic heterocycles. The standard InChI is InChI=1S/C15H25N3O2S2/c1-22(19,20)17-13-6-8-18(9-7-13)10-14-11-21-15(16-14)12-4-2-3-5-12/h11-13,17H,2-10H2,1H3. The third-order valence-corrected chi connectivity index (χ3v) is 6.45. The Hall–Kier alpha value is -0.500. The lowest BCUT2D eigenvalue weighted by Gasteiger charge is -2.31. The van der Waals surface area contributed by atoms with Crippen LogP contribution in [0.2, 0.25) is 0 Å². The second kappa shape index (κ2) is 6.95. The van der Waals surface area contributed by atoms with E-state index in [-0.39, 0.29) is 6.04 Å². The second-order valence-corrected chi connectivity index (χ2v) is 9.27. The largest absolute Gasteiger partial charge is 0.297 e. The van der Waals surface area contributed by atoms with E-state index in [1.54, 1.807) is 0 Å². The van der Waals surface area contributed by atoms with Crippen molar-refractivity contribution in [2.24, 2.45) is 0 Å². The molecule has 1 N–H and O–H groups in total. The van der Waals surface area contributed by atoms with Gasteiger partial charge in [0.05, 0.1) is 17.0 Å². The fraction of sp³-hybridized carbons (Fsp3) is 0.800. The van der Waals surface area contributed by atoms with Gasteiger partial charge in [-0.2, -0.15) is 0 Å². The van der Waals surface area contributed by atoms with Crippen molar-refractivity contribution in [2.45, 2.75) is 57.0 Å². The molecule has 2 heterocycles. The Labute approximate surface area is 137 Å². The Morgan fingerprint density at radius 2 is 1.95 bits per heavy atom. The lowest BCUT2D eigenvalue weighted by Crippen LogP contribution is -2.44. The predicted molar refractivity (Wildman–Crippen MR) is 89.6 cm³/mol. The van der Waals surface area contributed by atoms with E-state index >= 15 is 0 Å². The molecule has 0 bridgehead atoms. The van der Waals surface area contributed by atoms with Crippen molar-refractivity contribution in [1.82, 2.24) is 14.6 Å². The normalized spacial score (nSPS) is 22.4. The zero-order chi connectivity index (χ0) is 15.6. The van der Waals surface area contributed by atoms with Crippen LogP contribution in [0.5, 0.6) is 0 Å². The van der Waals surface area contributed by atoms with Gasteiger partial charge >= 0.3 is 0 Å². The Bertz CT molecular complexity index is 586. The average molecular weight is 344 g/mol. The molecular formula is C15H25N3O2S2. The highest BCUT2D eigenvalue weighted by Gasteiger charge is 2.23. The first-order valence-electron chi connectivity index (χ1n) is 8.13. The average Bonchev–Trinajstić information content (AvgIpc) is 3.10. The minimum atomic E-state index is -3.09. The first kappa shape index (κ1) is 16.4. The molecule has 0 atom stereocenters. The molecule has 3 rings (SSSR count). The number of likely N-dealkylation sites (tertiary alicyclic amines) is 1. The summed E-state index contributed by atoms with van der Waals surface area (Å²) in [7, 11) is -3.09. The molecule has 2 fully saturated rings. The van der Waals surface area contributed by atoms with E-state index in [1.165, 1.54) is 42.6 Å². The van der Waals surface area contributed by atoms with Crippen LogP contribution in [0.15, 0.2) is 5.38 Å². The van der Waals surface area contributed by atoms with Crippen LogP contribution in [0.4, 0.5) is 0 Å². The first-order valence-corrected chi connectivity index (χ1v) is 10.9. The number of rotatable bonds is 5. The van der Waals surface area contributed by atoms with Gasteiger partial charge in [-0.05, 0) is 25.7 Å². The van der Waals surface area contributed by atoms with Crippen LogP contribution in [-0.2, 0) is 16.6 Å². The smallest absolute Gasteiger partial charge is 0.208 e. The van der Waals surface area contributed by atoms with E-state index in [0.717, 1.165) is 32.5 Å². The van der Waals surface area contributed by atoms with Crippen LogP contribution < -0.4 is 4.72 Å². The van der Waals surface area contributed by atoms with Gasteiger partial charge in [-0.1, -0.05) is 12.8 Å². The summed E-state index contributed by atoms with van der Waals surface area (Å²) in [5, 5.41) is 3.52. The number of sulfonamides is 1. The van der Waals surface area contributed by atoms with Gasteiger partial charge in [-0.15, -0.1) is 11.3 Å². The van der Waals surface area contributed by atoms with Crippen molar-refractivity contribution >= 4 is 21.4 Å². The third kappa shape index (κ3) is 4.50. The summed E-state index contributed by atoms with van der Waals surface area (Å²) < 4.78 is 25.3. The van der Waals surface area contributed by atoms with Gasteiger partial charge in [0.25, 0.3) is 0 Å². The van der Waals surface area contributed by atoms with Gasteiger partial charge in [0, 0.05) is 37.0 Å². The maximum atomic E-state index is 11.3. The highest BCUT2D eigenvalue weighted by atomic mass is 32.2. The van der Waals surface area contributed by atoms with Gasteiger partial charge in [0.2, 0.25) is 10.0 Å². The van der Waals surface area contributed by atoms with Gasteiger partial charge in [-0.25, -0.2) is 18.1 Å². The van der Waals surface area contributed by atoms with Crippen molar-refractivity contribution in [3.63, 3.8) is 0 Å². The lowest BCUT2D eigenvalue weighted by atomic mass is 10.1. The van der Waals surface area contributed by atoms with Gasteiger partial charge < -0.3 is 0 Å². The van der Waals surface area contributed by atoms with E-state index in [9.17, 15) is 8.42 Å². The molecule has 0 unspecified atom stereocenters. The summed E-state index contributed by atoms with van der Waals surface area (Å²) in [6.07, 6.45) is 8.30. The molecule has 1 saturated carbocycles. The predicted octanol–water partition coefficient (Wildman–Crippen LogP) is 2.31. The molecule has 1 saturated heterocycles.